The van der Waals surface area contributed by atoms with E-state index in [9.17, 15) is 0 Å². The van der Waals surface area contributed by atoms with E-state index in [-0.39, 0.29) is 12.7 Å². The fourth-order valence-electron chi connectivity index (χ4n) is 1.12. The summed E-state index contributed by atoms with van der Waals surface area (Å²) < 4.78 is 0. The van der Waals surface area contributed by atoms with Gasteiger partial charge in [0.1, 0.15) is 5.82 Å². The zero-order chi connectivity index (χ0) is 11.3. The Morgan fingerprint density at radius 2 is 2.13 bits per heavy atom. The highest BCUT2D eigenvalue weighted by atomic mass is 16.3. The number of hydrogen-bond donors (Lipinski definition) is 2. The van der Waals surface area contributed by atoms with E-state index >= 15 is 0 Å². The molecule has 0 aromatic carbocycles. The molecule has 15 heavy (non-hydrogen) atoms. The Hall–Kier alpha value is -1.20. The molecule has 84 valence electrons. The number of aromatic nitrogens is 2. The molecule has 5 heteroatoms. The standard InChI is InChI=1S/C10H17N3O2/c1-8(15)3-4-13(2)10-6-11-9(7-14)5-12-10/h5-6,8,14-15H,3-4,7H2,1-2H3. The quantitative estimate of drug-likeness (QED) is 0.727. The molecule has 2 N–H and O–H groups in total. The maximum atomic E-state index is 9.13. The van der Waals surface area contributed by atoms with Crippen LogP contribution in [0.2, 0.25) is 0 Å². The van der Waals surface area contributed by atoms with Crippen LogP contribution in [0.15, 0.2) is 12.4 Å². The lowest BCUT2D eigenvalue weighted by Gasteiger charge is -2.18. The first kappa shape index (κ1) is 11.9. The van der Waals surface area contributed by atoms with Crippen LogP contribution < -0.4 is 4.90 Å². The van der Waals surface area contributed by atoms with Gasteiger partial charge in [-0.2, -0.15) is 0 Å². The Morgan fingerprint density at radius 3 is 2.60 bits per heavy atom. The summed E-state index contributed by atoms with van der Waals surface area (Å²) in [7, 11) is 1.89. The number of aliphatic hydroxyl groups is 2. The van der Waals surface area contributed by atoms with Gasteiger partial charge in [-0.05, 0) is 13.3 Å². The molecule has 1 rings (SSSR count). The summed E-state index contributed by atoms with van der Waals surface area (Å²) in [4.78, 5) is 10.1. The highest BCUT2D eigenvalue weighted by Crippen LogP contribution is 2.07. The van der Waals surface area contributed by atoms with Gasteiger partial charge in [0.15, 0.2) is 0 Å². The van der Waals surface area contributed by atoms with Crippen molar-refractivity contribution in [3.63, 3.8) is 0 Å². The molecule has 0 spiro atoms. The third-order valence-corrected chi connectivity index (χ3v) is 2.13. The van der Waals surface area contributed by atoms with Gasteiger partial charge >= 0.3 is 0 Å². The second kappa shape index (κ2) is 5.63. The van der Waals surface area contributed by atoms with Gasteiger partial charge in [-0.1, -0.05) is 0 Å². The van der Waals surface area contributed by atoms with Crippen molar-refractivity contribution in [2.45, 2.75) is 26.1 Å². The van der Waals surface area contributed by atoms with Crippen LogP contribution in [-0.2, 0) is 6.61 Å². The van der Waals surface area contributed by atoms with Crippen molar-refractivity contribution >= 4 is 5.82 Å². The van der Waals surface area contributed by atoms with Crippen LogP contribution in [-0.4, -0.2) is 39.9 Å². The van der Waals surface area contributed by atoms with E-state index in [4.69, 9.17) is 10.2 Å². The Balaban J connectivity index is 2.54. The summed E-state index contributed by atoms with van der Waals surface area (Å²) in [6.45, 7) is 2.39. The van der Waals surface area contributed by atoms with Crippen molar-refractivity contribution in [2.24, 2.45) is 0 Å². The number of rotatable bonds is 5. The topological polar surface area (TPSA) is 69.5 Å². The number of anilines is 1. The molecule has 1 unspecified atom stereocenters. The average molecular weight is 211 g/mol. The fraction of sp³-hybridized carbons (Fsp3) is 0.600. The van der Waals surface area contributed by atoms with E-state index in [2.05, 4.69) is 9.97 Å². The largest absolute Gasteiger partial charge is 0.393 e. The van der Waals surface area contributed by atoms with Crippen molar-refractivity contribution in [1.29, 1.82) is 0 Å². The Kier molecular flexibility index (Phi) is 4.45. The van der Waals surface area contributed by atoms with Gasteiger partial charge in [0, 0.05) is 13.6 Å². The summed E-state index contributed by atoms with van der Waals surface area (Å²) in [5, 5.41) is 17.9. The van der Waals surface area contributed by atoms with Crippen molar-refractivity contribution in [1.82, 2.24) is 9.97 Å². The molecule has 0 radical (unpaired) electrons. The SMILES string of the molecule is CC(O)CCN(C)c1cnc(CO)cn1. The van der Waals surface area contributed by atoms with Gasteiger partial charge < -0.3 is 15.1 Å². The smallest absolute Gasteiger partial charge is 0.146 e. The van der Waals surface area contributed by atoms with Crippen LogP contribution in [0.3, 0.4) is 0 Å². The summed E-state index contributed by atoms with van der Waals surface area (Å²) in [6, 6.07) is 0. The van der Waals surface area contributed by atoms with Gasteiger partial charge in [-0.3, -0.25) is 4.98 Å². The third kappa shape index (κ3) is 3.81. The molecule has 1 heterocycles. The summed E-state index contributed by atoms with van der Waals surface area (Å²) in [6.07, 6.45) is 3.55. The molecule has 0 aliphatic rings. The molecule has 0 saturated heterocycles. The van der Waals surface area contributed by atoms with Gasteiger partial charge in [0.25, 0.3) is 0 Å². The van der Waals surface area contributed by atoms with Crippen LogP contribution in [0, 0.1) is 0 Å². The van der Waals surface area contributed by atoms with Crippen LogP contribution in [0.4, 0.5) is 5.82 Å². The molecule has 1 atom stereocenters. The minimum Gasteiger partial charge on any atom is -0.393 e. The highest BCUT2D eigenvalue weighted by Gasteiger charge is 2.04. The molecule has 0 bridgehead atoms. The zero-order valence-corrected chi connectivity index (χ0v) is 9.09. The van der Waals surface area contributed by atoms with Crippen LogP contribution in [0.1, 0.15) is 19.0 Å². The molecule has 0 aliphatic heterocycles. The molecule has 0 amide bonds. The minimum absolute atomic E-state index is 0.0926. The number of nitrogens with zero attached hydrogens (tertiary/aromatic N) is 3. The van der Waals surface area contributed by atoms with Gasteiger partial charge in [0.2, 0.25) is 0 Å². The average Bonchev–Trinajstić information content (AvgIpc) is 2.26. The number of aliphatic hydroxyl groups excluding tert-OH is 2. The lowest BCUT2D eigenvalue weighted by Crippen LogP contribution is -2.22. The predicted molar refractivity (Wildman–Crippen MR) is 57.5 cm³/mol. The van der Waals surface area contributed by atoms with Crippen molar-refractivity contribution < 1.29 is 10.2 Å². The van der Waals surface area contributed by atoms with E-state index in [1.807, 2.05) is 11.9 Å². The normalized spacial score (nSPS) is 12.5. The van der Waals surface area contributed by atoms with E-state index < -0.39 is 0 Å². The van der Waals surface area contributed by atoms with Crippen molar-refractivity contribution in [3.05, 3.63) is 18.1 Å². The Morgan fingerprint density at radius 1 is 1.40 bits per heavy atom. The third-order valence-electron chi connectivity index (χ3n) is 2.13. The first-order chi connectivity index (χ1) is 7.13. The second-order valence-electron chi connectivity index (χ2n) is 3.58. The maximum Gasteiger partial charge on any atom is 0.146 e. The van der Waals surface area contributed by atoms with Crippen LogP contribution in [0.25, 0.3) is 0 Å². The molecule has 0 fully saturated rings. The van der Waals surface area contributed by atoms with Crippen molar-refractivity contribution in [3.8, 4) is 0 Å². The summed E-state index contributed by atoms with van der Waals surface area (Å²) in [5.74, 6) is 0.743. The maximum absolute atomic E-state index is 9.13. The van der Waals surface area contributed by atoms with E-state index in [0.717, 1.165) is 12.4 Å². The second-order valence-corrected chi connectivity index (χ2v) is 3.58. The summed E-state index contributed by atoms with van der Waals surface area (Å²) >= 11 is 0. The molecule has 5 nitrogen and oxygen atoms in total. The monoisotopic (exact) mass is 211 g/mol. The predicted octanol–water partition coefficient (Wildman–Crippen LogP) is 0.176. The first-order valence-electron chi connectivity index (χ1n) is 4.94. The molecular weight excluding hydrogens is 194 g/mol. The Bertz CT molecular complexity index is 287. The zero-order valence-electron chi connectivity index (χ0n) is 9.09. The minimum atomic E-state index is -0.308. The van der Waals surface area contributed by atoms with E-state index in [1.165, 1.54) is 0 Å². The molecule has 1 aromatic rings. The highest BCUT2D eigenvalue weighted by molar-refractivity contribution is 5.34. The summed E-state index contributed by atoms with van der Waals surface area (Å²) in [5.41, 5.74) is 0.558. The van der Waals surface area contributed by atoms with Gasteiger partial charge in [0.05, 0.1) is 30.8 Å². The van der Waals surface area contributed by atoms with E-state index in [0.29, 0.717) is 12.1 Å². The van der Waals surface area contributed by atoms with E-state index in [1.54, 1.807) is 19.3 Å². The van der Waals surface area contributed by atoms with Gasteiger partial charge in [-0.25, -0.2) is 4.98 Å². The molecule has 0 aliphatic carbocycles. The van der Waals surface area contributed by atoms with Gasteiger partial charge in [-0.15, -0.1) is 0 Å². The molecule has 0 saturated carbocycles. The van der Waals surface area contributed by atoms with Crippen LogP contribution in [0.5, 0.6) is 0 Å². The Labute approximate surface area is 89.4 Å². The fourth-order valence-corrected chi connectivity index (χ4v) is 1.12. The first-order valence-corrected chi connectivity index (χ1v) is 4.94. The van der Waals surface area contributed by atoms with Crippen molar-refractivity contribution in [2.75, 3.05) is 18.5 Å². The number of hydrogen-bond acceptors (Lipinski definition) is 5. The van der Waals surface area contributed by atoms with Crippen LogP contribution >= 0.6 is 0 Å². The lowest BCUT2D eigenvalue weighted by molar-refractivity contribution is 0.187. The molecular formula is C10H17N3O2. The lowest BCUT2D eigenvalue weighted by atomic mass is 10.3. The molecule has 1 aromatic heterocycles.